The zero-order valence-electron chi connectivity index (χ0n) is 14.2. The number of nitrogens with zero attached hydrogens (tertiary/aromatic N) is 2. The minimum absolute atomic E-state index is 0. The number of rotatable bonds is 7. The number of guanidine groups is 1. The molecule has 0 unspecified atom stereocenters. The lowest BCUT2D eigenvalue weighted by atomic mass is 10.1. The number of ether oxygens (including phenoxy) is 1. The molecule has 0 aliphatic carbocycles. The molecule has 6 heteroatoms. The first-order chi connectivity index (χ1) is 11.3. The van der Waals surface area contributed by atoms with Crippen molar-refractivity contribution in [1.82, 2.24) is 15.6 Å². The summed E-state index contributed by atoms with van der Waals surface area (Å²) in [6, 6.07) is 12.2. The van der Waals surface area contributed by atoms with Crippen LogP contribution in [0.15, 0.2) is 53.8 Å². The molecule has 2 N–H and O–H groups in total. The zero-order chi connectivity index (χ0) is 16.3. The fourth-order valence-electron chi connectivity index (χ4n) is 2.25. The van der Waals surface area contributed by atoms with Crippen LogP contribution in [0.2, 0.25) is 0 Å². The van der Waals surface area contributed by atoms with Crippen molar-refractivity contribution in [2.45, 2.75) is 19.9 Å². The van der Waals surface area contributed by atoms with Gasteiger partial charge in [0, 0.05) is 19.8 Å². The monoisotopic (exact) mass is 440 g/mol. The second-order valence-corrected chi connectivity index (χ2v) is 5.01. The molecule has 0 saturated carbocycles. The molecule has 0 saturated heterocycles. The van der Waals surface area contributed by atoms with Gasteiger partial charge in [0.2, 0.25) is 0 Å². The van der Waals surface area contributed by atoms with Crippen LogP contribution in [0, 0.1) is 0 Å². The second kappa shape index (κ2) is 11.7. The number of pyridine rings is 1. The van der Waals surface area contributed by atoms with Gasteiger partial charge in [-0.1, -0.05) is 31.2 Å². The van der Waals surface area contributed by atoms with Crippen molar-refractivity contribution in [2.75, 3.05) is 20.2 Å². The summed E-state index contributed by atoms with van der Waals surface area (Å²) in [6.07, 6.45) is 4.46. The first-order valence-corrected chi connectivity index (χ1v) is 7.87. The number of aromatic nitrogens is 1. The third kappa shape index (κ3) is 6.74. The fourth-order valence-corrected chi connectivity index (χ4v) is 2.25. The minimum atomic E-state index is 0. The van der Waals surface area contributed by atoms with Crippen LogP contribution in [0.4, 0.5) is 0 Å². The quantitative estimate of drug-likeness (QED) is 0.301. The maximum Gasteiger partial charge on any atom is 0.191 e. The van der Waals surface area contributed by atoms with Crippen LogP contribution in [0.5, 0.6) is 5.75 Å². The molecule has 0 aliphatic heterocycles. The van der Waals surface area contributed by atoms with Gasteiger partial charge in [-0.2, -0.15) is 0 Å². The van der Waals surface area contributed by atoms with Gasteiger partial charge in [-0.05, 0) is 29.7 Å². The Morgan fingerprint density at radius 2 is 1.92 bits per heavy atom. The van der Waals surface area contributed by atoms with Crippen LogP contribution in [-0.4, -0.2) is 31.1 Å². The number of aryl methyl sites for hydroxylation is 1. The fraction of sp³-hybridized carbons (Fsp3) is 0.333. The Balaban J connectivity index is 0.00000288. The lowest BCUT2D eigenvalue weighted by molar-refractivity contribution is 0.320. The van der Waals surface area contributed by atoms with Gasteiger partial charge in [0.25, 0.3) is 0 Å². The predicted octanol–water partition coefficient (Wildman–Crippen LogP) is 3.01. The van der Waals surface area contributed by atoms with Crippen LogP contribution < -0.4 is 15.4 Å². The van der Waals surface area contributed by atoms with Gasteiger partial charge in [0.1, 0.15) is 12.4 Å². The average Bonchev–Trinajstić information content (AvgIpc) is 2.62. The summed E-state index contributed by atoms with van der Waals surface area (Å²) in [4.78, 5) is 8.24. The van der Waals surface area contributed by atoms with E-state index in [-0.39, 0.29) is 24.0 Å². The van der Waals surface area contributed by atoms with E-state index in [4.69, 9.17) is 4.74 Å². The van der Waals surface area contributed by atoms with Crippen LogP contribution in [0.3, 0.4) is 0 Å². The lowest BCUT2D eigenvalue weighted by Crippen LogP contribution is -2.39. The van der Waals surface area contributed by atoms with E-state index in [2.05, 4.69) is 51.8 Å². The van der Waals surface area contributed by atoms with Crippen LogP contribution in [0.25, 0.3) is 0 Å². The van der Waals surface area contributed by atoms with Gasteiger partial charge in [-0.15, -0.1) is 24.0 Å². The molecule has 0 fully saturated rings. The SMILES string of the molecule is CCc1ccccc1CNC(=NC)NCCOc1cccnc1.I. The molecule has 0 bridgehead atoms. The minimum Gasteiger partial charge on any atom is -0.490 e. The lowest BCUT2D eigenvalue weighted by Gasteiger charge is -2.14. The Morgan fingerprint density at radius 1 is 1.12 bits per heavy atom. The molecule has 0 radical (unpaired) electrons. The zero-order valence-corrected chi connectivity index (χ0v) is 16.5. The van der Waals surface area contributed by atoms with Crippen molar-refractivity contribution < 1.29 is 4.74 Å². The summed E-state index contributed by atoms with van der Waals surface area (Å²) in [5, 5.41) is 6.57. The molecular formula is C18H25IN4O. The highest BCUT2D eigenvalue weighted by atomic mass is 127. The molecule has 2 aromatic rings. The number of nitrogens with one attached hydrogen (secondary N) is 2. The number of benzene rings is 1. The van der Waals surface area contributed by atoms with Crippen LogP contribution in [-0.2, 0) is 13.0 Å². The van der Waals surface area contributed by atoms with E-state index in [1.165, 1.54) is 11.1 Å². The van der Waals surface area contributed by atoms with E-state index in [0.29, 0.717) is 13.2 Å². The standard InChI is InChI=1S/C18H24N4O.HI/c1-3-15-7-4-5-8-16(15)13-22-18(19-2)21-11-12-23-17-9-6-10-20-14-17;/h4-10,14H,3,11-13H2,1-2H3,(H2,19,21,22);1H. The molecule has 0 aliphatic rings. The highest BCUT2D eigenvalue weighted by Gasteiger charge is 2.02. The maximum absolute atomic E-state index is 5.59. The van der Waals surface area contributed by atoms with Crippen molar-refractivity contribution >= 4 is 29.9 Å². The van der Waals surface area contributed by atoms with Gasteiger partial charge >= 0.3 is 0 Å². The van der Waals surface area contributed by atoms with Crippen molar-refractivity contribution in [3.8, 4) is 5.75 Å². The molecule has 24 heavy (non-hydrogen) atoms. The van der Waals surface area contributed by atoms with Crippen molar-refractivity contribution in [2.24, 2.45) is 4.99 Å². The Hall–Kier alpha value is -1.83. The molecular weight excluding hydrogens is 415 g/mol. The second-order valence-electron chi connectivity index (χ2n) is 5.01. The van der Waals surface area contributed by atoms with E-state index in [9.17, 15) is 0 Å². The van der Waals surface area contributed by atoms with E-state index in [1.54, 1.807) is 19.4 Å². The van der Waals surface area contributed by atoms with Gasteiger partial charge in [-0.3, -0.25) is 9.98 Å². The van der Waals surface area contributed by atoms with Crippen LogP contribution >= 0.6 is 24.0 Å². The number of hydrogen-bond acceptors (Lipinski definition) is 3. The Labute approximate surface area is 161 Å². The molecule has 0 atom stereocenters. The molecule has 1 heterocycles. The summed E-state index contributed by atoms with van der Waals surface area (Å²) < 4.78 is 5.59. The molecule has 0 spiro atoms. The Morgan fingerprint density at radius 3 is 2.58 bits per heavy atom. The maximum atomic E-state index is 5.59. The summed E-state index contributed by atoms with van der Waals surface area (Å²) in [5.74, 6) is 1.54. The van der Waals surface area contributed by atoms with Gasteiger partial charge in [0.05, 0.1) is 12.7 Å². The third-order valence-electron chi connectivity index (χ3n) is 3.47. The molecule has 1 aromatic carbocycles. The third-order valence-corrected chi connectivity index (χ3v) is 3.47. The summed E-state index contributed by atoms with van der Waals surface area (Å²) in [6.45, 7) is 4.15. The summed E-state index contributed by atoms with van der Waals surface area (Å²) in [7, 11) is 1.77. The van der Waals surface area contributed by atoms with E-state index in [0.717, 1.165) is 24.7 Å². The first kappa shape index (κ1) is 20.2. The summed E-state index contributed by atoms with van der Waals surface area (Å²) >= 11 is 0. The highest BCUT2D eigenvalue weighted by molar-refractivity contribution is 14.0. The molecule has 130 valence electrons. The molecule has 1 aromatic heterocycles. The predicted molar refractivity (Wildman–Crippen MR) is 109 cm³/mol. The van der Waals surface area contributed by atoms with Gasteiger partial charge < -0.3 is 15.4 Å². The van der Waals surface area contributed by atoms with Gasteiger partial charge in [-0.25, -0.2) is 0 Å². The van der Waals surface area contributed by atoms with Crippen LogP contribution in [0.1, 0.15) is 18.1 Å². The topological polar surface area (TPSA) is 58.5 Å². The Bertz CT molecular complexity index is 619. The largest absolute Gasteiger partial charge is 0.490 e. The van der Waals surface area contributed by atoms with E-state index in [1.807, 2.05) is 12.1 Å². The van der Waals surface area contributed by atoms with Crippen molar-refractivity contribution in [3.05, 3.63) is 59.9 Å². The number of aliphatic imine (C=N–C) groups is 1. The summed E-state index contributed by atoms with van der Waals surface area (Å²) in [5.41, 5.74) is 2.65. The smallest absolute Gasteiger partial charge is 0.191 e. The molecule has 0 amide bonds. The molecule has 5 nitrogen and oxygen atoms in total. The van der Waals surface area contributed by atoms with E-state index < -0.39 is 0 Å². The average molecular weight is 440 g/mol. The highest BCUT2D eigenvalue weighted by Crippen LogP contribution is 2.08. The molecule has 2 rings (SSSR count). The first-order valence-electron chi connectivity index (χ1n) is 7.87. The van der Waals surface area contributed by atoms with Crippen molar-refractivity contribution in [3.63, 3.8) is 0 Å². The van der Waals surface area contributed by atoms with Gasteiger partial charge in [0.15, 0.2) is 5.96 Å². The Kier molecular flexibility index (Phi) is 9.83. The number of halogens is 1. The van der Waals surface area contributed by atoms with Crippen molar-refractivity contribution in [1.29, 1.82) is 0 Å². The number of hydrogen-bond donors (Lipinski definition) is 2. The normalized spacial score (nSPS) is 10.7. The van der Waals surface area contributed by atoms with E-state index >= 15 is 0 Å².